The van der Waals surface area contributed by atoms with E-state index < -0.39 is 12.0 Å². The first-order valence-corrected chi connectivity index (χ1v) is 13.1. The summed E-state index contributed by atoms with van der Waals surface area (Å²) in [6.45, 7) is 7.97. The molecule has 0 radical (unpaired) electrons. The summed E-state index contributed by atoms with van der Waals surface area (Å²) in [6.07, 6.45) is -4.11. The fraction of sp³-hybridized carbons (Fsp3) is 0.345. The summed E-state index contributed by atoms with van der Waals surface area (Å²) in [4.78, 5) is 28.8. The summed E-state index contributed by atoms with van der Waals surface area (Å²) in [5.74, 6) is -0.597. The van der Waals surface area contributed by atoms with Crippen molar-refractivity contribution in [3.8, 4) is 28.7 Å². The van der Waals surface area contributed by atoms with Crippen molar-refractivity contribution < 1.29 is 36.8 Å². The Balaban J connectivity index is 1.36. The molecule has 0 aliphatic heterocycles. The minimum absolute atomic E-state index is 0.141. The van der Waals surface area contributed by atoms with Crippen LogP contribution < -0.4 is 10.1 Å². The number of rotatable bonds is 10. The van der Waals surface area contributed by atoms with Gasteiger partial charge in [-0.15, -0.1) is 13.2 Å². The Kier molecular flexibility index (Phi) is 8.98. The van der Waals surface area contributed by atoms with Crippen molar-refractivity contribution >= 4 is 11.9 Å². The number of benzene rings is 2. The van der Waals surface area contributed by atoms with Gasteiger partial charge in [0.05, 0.1) is 6.54 Å². The Labute approximate surface area is 239 Å². The molecule has 0 saturated heterocycles. The largest absolute Gasteiger partial charge is 0.573 e. The molecule has 1 amide bonds. The van der Waals surface area contributed by atoms with Gasteiger partial charge >= 0.3 is 12.3 Å². The quantitative estimate of drug-likeness (QED) is 0.186. The van der Waals surface area contributed by atoms with Crippen molar-refractivity contribution in [2.24, 2.45) is 0 Å². The zero-order chi connectivity index (χ0) is 30.5. The minimum Gasteiger partial charge on any atom is -0.460 e. The Morgan fingerprint density at radius 3 is 2.48 bits per heavy atom. The zero-order valence-corrected chi connectivity index (χ0v) is 23.5. The SMILES string of the molecule is Cc1cc(-c2nc(-c3ccc(OC(F)(F)F)cc3)no2)nn1Cc1cccc(C(=O)NCCCC(=O)OC(C)(C)C)c1. The van der Waals surface area contributed by atoms with Gasteiger partial charge in [-0.25, -0.2) is 0 Å². The summed E-state index contributed by atoms with van der Waals surface area (Å²) < 4.78 is 53.4. The Morgan fingerprint density at radius 1 is 1.05 bits per heavy atom. The second-order valence-electron chi connectivity index (χ2n) is 10.5. The molecule has 13 heteroatoms. The van der Waals surface area contributed by atoms with E-state index in [4.69, 9.17) is 9.26 Å². The summed E-state index contributed by atoms with van der Waals surface area (Å²) >= 11 is 0. The molecule has 0 bridgehead atoms. The molecule has 2 aromatic carbocycles. The number of alkyl halides is 3. The van der Waals surface area contributed by atoms with E-state index in [-0.39, 0.29) is 35.8 Å². The highest BCUT2D eigenvalue weighted by Crippen LogP contribution is 2.27. The highest BCUT2D eigenvalue weighted by atomic mass is 19.4. The van der Waals surface area contributed by atoms with Gasteiger partial charge in [-0.05, 0) is 82.1 Å². The molecule has 4 aromatic rings. The van der Waals surface area contributed by atoms with E-state index in [0.29, 0.717) is 36.3 Å². The van der Waals surface area contributed by atoms with Gasteiger partial charge in [-0.1, -0.05) is 17.3 Å². The molecule has 0 spiro atoms. The standard InChI is InChI=1S/C29H30F3N5O5/c1-18-15-23(27-34-25(36-42-27)20-10-12-22(13-11-20)40-29(30,31)32)35-37(18)17-19-7-5-8-21(16-19)26(39)33-14-6-9-24(38)41-28(2,3)4/h5,7-8,10-13,15-16H,6,9,14,17H2,1-4H3,(H,33,39). The maximum absolute atomic E-state index is 12.6. The van der Waals surface area contributed by atoms with Crippen molar-refractivity contribution in [2.75, 3.05) is 6.54 Å². The number of hydrogen-bond donors (Lipinski definition) is 1. The lowest BCUT2D eigenvalue weighted by Gasteiger charge is -2.19. The molecule has 222 valence electrons. The molecule has 0 aliphatic carbocycles. The first kappa shape index (κ1) is 30.3. The second kappa shape index (κ2) is 12.5. The number of aromatic nitrogens is 4. The Bertz CT molecular complexity index is 1540. The molecule has 2 heterocycles. The predicted molar refractivity (Wildman–Crippen MR) is 145 cm³/mol. The van der Waals surface area contributed by atoms with Gasteiger partial charge in [0, 0.05) is 29.8 Å². The Hall–Kier alpha value is -4.68. The molecular formula is C29H30F3N5O5. The van der Waals surface area contributed by atoms with Crippen LogP contribution >= 0.6 is 0 Å². The average Bonchev–Trinajstić information content (AvgIpc) is 3.52. The van der Waals surface area contributed by atoms with Crippen LogP contribution in [0.2, 0.25) is 0 Å². The van der Waals surface area contributed by atoms with Crippen molar-refractivity contribution in [2.45, 2.75) is 59.0 Å². The summed E-state index contributed by atoms with van der Waals surface area (Å²) in [5, 5.41) is 11.3. The van der Waals surface area contributed by atoms with Crippen LogP contribution in [0.15, 0.2) is 59.1 Å². The predicted octanol–water partition coefficient (Wildman–Crippen LogP) is 5.71. The van der Waals surface area contributed by atoms with Gasteiger partial charge in [-0.3, -0.25) is 14.3 Å². The van der Waals surface area contributed by atoms with E-state index in [1.54, 1.807) is 49.7 Å². The van der Waals surface area contributed by atoms with Crippen LogP contribution in [0.25, 0.3) is 23.0 Å². The molecule has 0 unspecified atom stereocenters. The number of halogens is 3. The molecule has 0 aliphatic rings. The highest BCUT2D eigenvalue weighted by Gasteiger charge is 2.31. The lowest BCUT2D eigenvalue weighted by molar-refractivity contribution is -0.274. The van der Waals surface area contributed by atoms with E-state index in [0.717, 1.165) is 23.4 Å². The normalized spacial score (nSPS) is 11.8. The molecular weight excluding hydrogens is 555 g/mol. The lowest BCUT2D eigenvalue weighted by atomic mass is 10.1. The van der Waals surface area contributed by atoms with E-state index in [2.05, 4.69) is 25.3 Å². The third kappa shape index (κ3) is 8.66. The first-order valence-electron chi connectivity index (χ1n) is 13.1. The van der Waals surface area contributed by atoms with E-state index in [1.807, 2.05) is 13.0 Å². The van der Waals surface area contributed by atoms with Gasteiger partial charge < -0.3 is 19.3 Å². The maximum Gasteiger partial charge on any atom is 0.573 e. The van der Waals surface area contributed by atoms with Crippen LogP contribution in [0.5, 0.6) is 5.75 Å². The number of carbonyl (C=O) groups excluding carboxylic acids is 2. The van der Waals surface area contributed by atoms with Gasteiger partial charge in [-0.2, -0.15) is 10.1 Å². The van der Waals surface area contributed by atoms with Gasteiger partial charge in [0.25, 0.3) is 11.8 Å². The highest BCUT2D eigenvalue weighted by molar-refractivity contribution is 5.94. The molecule has 42 heavy (non-hydrogen) atoms. The van der Waals surface area contributed by atoms with E-state index in [1.165, 1.54) is 12.1 Å². The molecule has 1 N–H and O–H groups in total. The number of aryl methyl sites for hydroxylation is 1. The van der Waals surface area contributed by atoms with Crippen LogP contribution in [-0.4, -0.2) is 50.3 Å². The van der Waals surface area contributed by atoms with Crippen LogP contribution in [0.4, 0.5) is 13.2 Å². The van der Waals surface area contributed by atoms with Crippen LogP contribution in [-0.2, 0) is 16.1 Å². The van der Waals surface area contributed by atoms with Gasteiger partial charge in [0.15, 0.2) is 5.69 Å². The maximum atomic E-state index is 12.6. The summed E-state index contributed by atoms with van der Waals surface area (Å²) in [5.41, 5.74) is 2.43. The van der Waals surface area contributed by atoms with Crippen molar-refractivity contribution in [1.82, 2.24) is 25.2 Å². The molecule has 2 aromatic heterocycles. The monoisotopic (exact) mass is 585 g/mol. The first-order chi connectivity index (χ1) is 19.8. The lowest BCUT2D eigenvalue weighted by Crippen LogP contribution is -2.27. The minimum atomic E-state index is -4.78. The van der Waals surface area contributed by atoms with Gasteiger partial charge in [0.2, 0.25) is 5.82 Å². The molecule has 0 atom stereocenters. The summed E-state index contributed by atoms with van der Waals surface area (Å²) in [7, 11) is 0. The number of esters is 1. The van der Waals surface area contributed by atoms with Crippen molar-refractivity contribution in [1.29, 1.82) is 0 Å². The third-order valence-electron chi connectivity index (χ3n) is 5.76. The Morgan fingerprint density at radius 2 is 1.79 bits per heavy atom. The van der Waals surface area contributed by atoms with E-state index >= 15 is 0 Å². The number of nitrogens with one attached hydrogen (secondary N) is 1. The number of amides is 1. The number of hydrogen-bond acceptors (Lipinski definition) is 8. The number of nitrogens with zero attached hydrogens (tertiary/aromatic N) is 4. The average molecular weight is 586 g/mol. The van der Waals surface area contributed by atoms with Crippen LogP contribution in [0.3, 0.4) is 0 Å². The summed E-state index contributed by atoms with van der Waals surface area (Å²) in [6, 6.07) is 14.0. The third-order valence-corrected chi connectivity index (χ3v) is 5.76. The number of carbonyl (C=O) groups is 2. The molecule has 0 saturated carbocycles. The fourth-order valence-electron chi connectivity index (χ4n) is 3.94. The van der Waals surface area contributed by atoms with Crippen molar-refractivity contribution in [3.05, 3.63) is 71.4 Å². The molecule has 4 rings (SSSR count). The van der Waals surface area contributed by atoms with Crippen LogP contribution in [0, 0.1) is 6.92 Å². The zero-order valence-electron chi connectivity index (χ0n) is 23.5. The number of ether oxygens (including phenoxy) is 2. The molecule has 0 fully saturated rings. The second-order valence-corrected chi connectivity index (χ2v) is 10.5. The van der Waals surface area contributed by atoms with Gasteiger partial charge in [0.1, 0.15) is 11.4 Å². The van der Waals surface area contributed by atoms with E-state index in [9.17, 15) is 22.8 Å². The molecule has 10 nitrogen and oxygen atoms in total. The smallest absolute Gasteiger partial charge is 0.460 e. The fourth-order valence-corrected chi connectivity index (χ4v) is 3.94. The van der Waals surface area contributed by atoms with Crippen LogP contribution in [0.1, 0.15) is 55.2 Å². The topological polar surface area (TPSA) is 121 Å². The van der Waals surface area contributed by atoms with Crippen molar-refractivity contribution in [3.63, 3.8) is 0 Å².